The Labute approximate surface area is 167 Å². The molecule has 1 aliphatic heterocycles. The van der Waals surface area contributed by atoms with Crippen LogP contribution in [0, 0.1) is 18.3 Å². The average molecular weight is 393 g/mol. The number of nitriles is 1. The zero-order valence-corrected chi connectivity index (χ0v) is 15.8. The van der Waals surface area contributed by atoms with Crippen LogP contribution in [0.4, 0.5) is 0 Å². The highest BCUT2D eigenvalue weighted by molar-refractivity contribution is 6.31. The van der Waals surface area contributed by atoms with Crippen LogP contribution < -0.4 is 15.2 Å². The Hall–Kier alpha value is -3.43. The maximum atomic E-state index is 9.73. The summed E-state index contributed by atoms with van der Waals surface area (Å²) in [6.07, 6.45) is 0. The van der Waals surface area contributed by atoms with Crippen LogP contribution in [0.2, 0.25) is 5.02 Å². The number of aromatic nitrogens is 2. The molecular formula is C21H17ClN4O2. The van der Waals surface area contributed by atoms with E-state index in [0.29, 0.717) is 28.8 Å². The highest BCUT2D eigenvalue weighted by Gasteiger charge is 2.35. The number of nitrogens with one attached hydrogen (secondary N) is 1. The Kier molecular flexibility index (Phi) is 4.68. The molecule has 0 unspecified atom stereocenters. The van der Waals surface area contributed by atoms with Crippen molar-refractivity contribution in [3.8, 4) is 17.7 Å². The van der Waals surface area contributed by atoms with E-state index in [1.54, 1.807) is 0 Å². The first-order chi connectivity index (χ1) is 13.6. The number of ether oxygens (including phenoxy) is 2. The molecule has 3 aromatic rings. The molecule has 0 amide bonds. The molecule has 7 heteroatoms. The van der Waals surface area contributed by atoms with Gasteiger partial charge in [0.25, 0.3) is 0 Å². The minimum absolute atomic E-state index is 0.0485. The lowest BCUT2D eigenvalue weighted by Crippen LogP contribution is -2.21. The minimum atomic E-state index is -0.435. The second-order valence-corrected chi connectivity index (χ2v) is 6.82. The number of hydrogen-bond acceptors (Lipinski definition) is 5. The van der Waals surface area contributed by atoms with Crippen molar-refractivity contribution in [2.75, 3.05) is 0 Å². The molecule has 6 nitrogen and oxygen atoms in total. The summed E-state index contributed by atoms with van der Waals surface area (Å²) in [4.78, 5) is 0. The molecule has 1 aliphatic rings. The van der Waals surface area contributed by atoms with Gasteiger partial charge >= 0.3 is 0 Å². The molecule has 140 valence electrons. The van der Waals surface area contributed by atoms with Crippen molar-refractivity contribution in [3.05, 3.63) is 87.4 Å². The number of nitrogens with zero attached hydrogens (tertiary/aromatic N) is 2. The third-order valence-electron chi connectivity index (χ3n) is 4.70. The number of hydrogen-bond donors (Lipinski definition) is 2. The van der Waals surface area contributed by atoms with Gasteiger partial charge in [-0.25, -0.2) is 0 Å². The first kappa shape index (κ1) is 18.0. The Balaban J connectivity index is 1.76. The standard InChI is InChI=1S/C21H17ClN4O2/c1-12-18-19(15(10-23)20(24)28-21(18)26-25-12)14-7-3-5-9-17(14)27-11-13-6-2-4-8-16(13)22/h2-9,19H,11,24H2,1H3,(H,25,26)/t19-/m0/s1. The molecule has 0 saturated carbocycles. The van der Waals surface area contributed by atoms with Gasteiger partial charge in [0.15, 0.2) is 0 Å². The van der Waals surface area contributed by atoms with Crippen molar-refractivity contribution in [3.63, 3.8) is 0 Å². The van der Waals surface area contributed by atoms with E-state index >= 15 is 0 Å². The molecule has 0 aliphatic carbocycles. The summed E-state index contributed by atoms with van der Waals surface area (Å²) in [6, 6.07) is 17.3. The van der Waals surface area contributed by atoms with Crippen molar-refractivity contribution in [2.24, 2.45) is 5.73 Å². The molecule has 3 N–H and O–H groups in total. The lowest BCUT2D eigenvalue weighted by molar-refractivity contribution is 0.301. The SMILES string of the molecule is Cc1[nH]nc2c1[C@@H](c1ccccc1OCc1ccccc1Cl)C(C#N)=C(N)O2. The van der Waals surface area contributed by atoms with Crippen LogP contribution in [0.5, 0.6) is 11.6 Å². The van der Waals surface area contributed by atoms with E-state index < -0.39 is 5.92 Å². The van der Waals surface area contributed by atoms with Gasteiger partial charge in [0, 0.05) is 27.4 Å². The van der Waals surface area contributed by atoms with Gasteiger partial charge in [0.05, 0.1) is 5.92 Å². The lowest BCUT2D eigenvalue weighted by Gasteiger charge is -2.25. The predicted octanol–water partition coefficient (Wildman–Crippen LogP) is 4.17. The number of fused-ring (bicyclic) bond motifs is 1. The molecule has 4 rings (SSSR count). The number of allylic oxidation sites excluding steroid dienone is 1. The number of H-pyrrole nitrogens is 1. The summed E-state index contributed by atoms with van der Waals surface area (Å²) < 4.78 is 11.6. The number of rotatable bonds is 4. The summed E-state index contributed by atoms with van der Waals surface area (Å²) in [6.45, 7) is 2.18. The maximum Gasteiger partial charge on any atom is 0.244 e. The van der Waals surface area contributed by atoms with E-state index in [9.17, 15) is 5.26 Å². The normalized spacial score (nSPS) is 15.5. The van der Waals surface area contributed by atoms with E-state index in [2.05, 4.69) is 16.3 Å². The number of nitrogens with two attached hydrogens (primary N) is 1. The zero-order chi connectivity index (χ0) is 19.7. The van der Waals surface area contributed by atoms with E-state index in [1.807, 2.05) is 55.5 Å². The van der Waals surface area contributed by atoms with Crippen LogP contribution >= 0.6 is 11.6 Å². The number of aryl methyl sites for hydroxylation is 1. The summed E-state index contributed by atoms with van der Waals surface area (Å²) >= 11 is 6.24. The molecule has 2 heterocycles. The minimum Gasteiger partial charge on any atom is -0.489 e. The fourth-order valence-electron chi connectivity index (χ4n) is 3.33. The second-order valence-electron chi connectivity index (χ2n) is 6.41. The molecule has 0 spiro atoms. The monoisotopic (exact) mass is 392 g/mol. The lowest BCUT2D eigenvalue weighted by atomic mass is 9.83. The molecule has 1 aromatic heterocycles. The highest BCUT2D eigenvalue weighted by atomic mass is 35.5. The van der Waals surface area contributed by atoms with Crippen molar-refractivity contribution in [1.82, 2.24) is 10.2 Å². The Morgan fingerprint density at radius 3 is 2.79 bits per heavy atom. The van der Waals surface area contributed by atoms with Gasteiger partial charge in [-0.15, -0.1) is 5.10 Å². The number of halogens is 1. The quantitative estimate of drug-likeness (QED) is 0.694. The maximum absolute atomic E-state index is 9.73. The van der Waals surface area contributed by atoms with Gasteiger partial charge in [-0.2, -0.15) is 5.26 Å². The first-order valence-electron chi connectivity index (χ1n) is 8.67. The Morgan fingerprint density at radius 2 is 2.00 bits per heavy atom. The zero-order valence-electron chi connectivity index (χ0n) is 15.1. The first-order valence-corrected chi connectivity index (χ1v) is 9.05. The van der Waals surface area contributed by atoms with E-state index in [4.69, 9.17) is 26.8 Å². The van der Waals surface area contributed by atoms with Crippen LogP contribution in [0.25, 0.3) is 0 Å². The van der Waals surface area contributed by atoms with Gasteiger partial charge in [-0.3, -0.25) is 5.10 Å². The molecular weight excluding hydrogens is 376 g/mol. The molecule has 0 fully saturated rings. The molecule has 0 saturated heterocycles. The number of benzene rings is 2. The van der Waals surface area contributed by atoms with Crippen LogP contribution in [-0.4, -0.2) is 10.2 Å². The number of para-hydroxylation sites is 1. The van der Waals surface area contributed by atoms with Crippen molar-refractivity contribution in [2.45, 2.75) is 19.4 Å². The summed E-state index contributed by atoms with van der Waals surface area (Å²) in [5.41, 5.74) is 9.59. The third-order valence-corrected chi connectivity index (χ3v) is 5.07. The smallest absolute Gasteiger partial charge is 0.244 e. The van der Waals surface area contributed by atoms with Gasteiger partial charge < -0.3 is 15.2 Å². The topological polar surface area (TPSA) is 97.0 Å². The molecule has 2 aromatic carbocycles. The largest absolute Gasteiger partial charge is 0.489 e. The predicted molar refractivity (Wildman–Crippen MR) is 105 cm³/mol. The van der Waals surface area contributed by atoms with Gasteiger partial charge in [0.1, 0.15) is 24.0 Å². The van der Waals surface area contributed by atoms with Crippen LogP contribution in [0.3, 0.4) is 0 Å². The van der Waals surface area contributed by atoms with Crippen molar-refractivity contribution >= 4 is 11.6 Å². The Morgan fingerprint density at radius 1 is 1.25 bits per heavy atom. The highest BCUT2D eigenvalue weighted by Crippen LogP contribution is 2.45. The van der Waals surface area contributed by atoms with Gasteiger partial charge in [0.2, 0.25) is 11.8 Å². The van der Waals surface area contributed by atoms with Gasteiger partial charge in [-0.05, 0) is 19.1 Å². The molecule has 0 radical (unpaired) electrons. The van der Waals surface area contributed by atoms with Crippen LogP contribution in [0.1, 0.15) is 28.3 Å². The third kappa shape index (κ3) is 3.06. The second kappa shape index (κ2) is 7.29. The van der Waals surface area contributed by atoms with Crippen molar-refractivity contribution < 1.29 is 9.47 Å². The summed E-state index contributed by atoms with van der Waals surface area (Å²) in [7, 11) is 0. The van der Waals surface area contributed by atoms with Crippen LogP contribution in [0.15, 0.2) is 60.0 Å². The molecule has 1 atom stereocenters. The number of aromatic amines is 1. The fourth-order valence-corrected chi connectivity index (χ4v) is 3.52. The fraction of sp³-hybridized carbons (Fsp3) is 0.143. The Bertz CT molecular complexity index is 1110. The summed E-state index contributed by atoms with van der Waals surface area (Å²) in [5.74, 6) is 0.628. The summed E-state index contributed by atoms with van der Waals surface area (Å²) in [5, 5.41) is 17.4. The van der Waals surface area contributed by atoms with E-state index in [1.165, 1.54) is 0 Å². The average Bonchev–Trinajstić information content (AvgIpc) is 3.07. The van der Waals surface area contributed by atoms with E-state index in [0.717, 1.165) is 22.4 Å². The van der Waals surface area contributed by atoms with Crippen LogP contribution in [-0.2, 0) is 6.61 Å². The van der Waals surface area contributed by atoms with Crippen molar-refractivity contribution in [1.29, 1.82) is 5.26 Å². The van der Waals surface area contributed by atoms with Gasteiger partial charge in [-0.1, -0.05) is 48.0 Å². The molecule has 0 bridgehead atoms. The van der Waals surface area contributed by atoms with E-state index in [-0.39, 0.29) is 5.88 Å². The molecule has 28 heavy (non-hydrogen) atoms.